The van der Waals surface area contributed by atoms with Crippen LogP contribution in [0.15, 0.2) is 75.8 Å². The van der Waals surface area contributed by atoms with E-state index in [2.05, 4.69) is 15.5 Å². The van der Waals surface area contributed by atoms with Crippen molar-refractivity contribution in [2.45, 2.75) is 18.7 Å². The quantitative estimate of drug-likeness (QED) is 0.189. The molecule has 0 aliphatic rings. The summed E-state index contributed by atoms with van der Waals surface area (Å²) in [6.45, 7) is 3.51. The first-order valence-electron chi connectivity index (χ1n) is 11.2. The predicted octanol–water partition coefficient (Wildman–Crippen LogP) is 3.85. The molecule has 0 radical (unpaired) electrons. The van der Waals surface area contributed by atoms with Gasteiger partial charge in [0.1, 0.15) is 11.4 Å². The molecule has 0 saturated heterocycles. The number of benzene rings is 4. The Morgan fingerprint density at radius 3 is 2.44 bits per heavy atom. The minimum absolute atomic E-state index is 0. The molecule has 0 bridgehead atoms. The Morgan fingerprint density at radius 1 is 1.05 bits per heavy atom. The van der Waals surface area contributed by atoms with Crippen molar-refractivity contribution in [2.24, 2.45) is 10.2 Å². The number of carbonyl (C=O) groups excluding carboxylic acids is 1. The van der Waals surface area contributed by atoms with E-state index in [0.29, 0.717) is 33.8 Å². The van der Waals surface area contributed by atoms with Crippen molar-refractivity contribution in [3.8, 4) is 11.5 Å². The van der Waals surface area contributed by atoms with E-state index in [4.69, 9.17) is 27.9 Å². The van der Waals surface area contributed by atoms with E-state index in [9.17, 15) is 22.9 Å². The van der Waals surface area contributed by atoms with Gasteiger partial charge in [-0.15, -0.1) is 5.11 Å². The predicted molar refractivity (Wildman–Crippen MR) is 144 cm³/mol. The first-order valence-corrected chi connectivity index (χ1v) is 13.4. The fourth-order valence-corrected chi connectivity index (χ4v) is 4.92. The van der Waals surface area contributed by atoms with Crippen LogP contribution in [0.2, 0.25) is 10.0 Å². The van der Waals surface area contributed by atoms with Gasteiger partial charge in [0.05, 0.1) is 27.9 Å². The summed E-state index contributed by atoms with van der Waals surface area (Å²) < 4.78 is 38.4. The minimum Gasteiger partial charge on any atom is -0.870 e. The summed E-state index contributed by atoms with van der Waals surface area (Å²) in [4.78, 5) is 12.8. The van der Waals surface area contributed by atoms with Crippen molar-refractivity contribution in [3.05, 3.63) is 81.8 Å². The Labute approximate surface area is 256 Å². The van der Waals surface area contributed by atoms with Crippen LogP contribution in [0.3, 0.4) is 0 Å². The van der Waals surface area contributed by atoms with Gasteiger partial charge in [0.25, 0.3) is 16.0 Å². The number of anilines is 1. The van der Waals surface area contributed by atoms with Gasteiger partial charge < -0.3 is 15.2 Å². The van der Waals surface area contributed by atoms with Crippen LogP contribution in [0.4, 0.5) is 17.1 Å². The summed E-state index contributed by atoms with van der Waals surface area (Å²) in [7, 11) is -4.55. The van der Waals surface area contributed by atoms with Crippen LogP contribution in [-0.2, 0) is 10.1 Å². The Balaban J connectivity index is 0.00000420. The second kappa shape index (κ2) is 12.6. The molecule has 0 unspecified atom stereocenters. The van der Waals surface area contributed by atoms with Crippen LogP contribution in [0.1, 0.15) is 22.8 Å². The summed E-state index contributed by atoms with van der Waals surface area (Å²) in [5.74, 6) is -1.08. The van der Waals surface area contributed by atoms with Crippen LogP contribution >= 0.6 is 23.2 Å². The molecule has 0 aromatic heterocycles. The molecule has 9 nitrogen and oxygen atoms in total. The van der Waals surface area contributed by atoms with E-state index in [1.165, 1.54) is 19.1 Å². The van der Waals surface area contributed by atoms with Gasteiger partial charge >= 0.3 is 29.6 Å². The van der Waals surface area contributed by atoms with Crippen LogP contribution in [0.25, 0.3) is 10.8 Å². The fourth-order valence-electron chi connectivity index (χ4n) is 3.79. The van der Waals surface area contributed by atoms with Crippen molar-refractivity contribution in [1.82, 2.24) is 0 Å². The number of ether oxygens (including phenoxy) is 1. The maximum atomic E-state index is 13.5. The number of hydrogen-bond acceptors (Lipinski definition) is 7. The molecule has 196 valence electrons. The largest absolute Gasteiger partial charge is 1.00 e. The van der Waals surface area contributed by atoms with Crippen molar-refractivity contribution in [1.29, 1.82) is 0 Å². The van der Waals surface area contributed by atoms with Crippen LogP contribution in [0, 0.1) is 6.92 Å². The summed E-state index contributed by atoms with van der Waals surface area (Å²) in [6.07, 6.45) is 0. The number of fused-ring (bicyclic) bond motifs is 1. The smallest absolute Gasteiger partial charge is 0.870 e. The van der Waals surface area contributed by atoms with Gasteiger partial charge in [-0.3, -0.25) is 9.35 Å². The summed E-state index contributed by atoms with van der Waals surface area (Å²) >= 11 is 12.2. The number of amides is 1. The number of halogens is 2. The van der Waals surface area contributed by atoms with Crippen LogP contribution in [0.5, 0.6) is 11.5 Å². The summed E-state index contributed by atoms with van der Waals surface area (Å²) in [6, 6.07) is 15.3. The van der Waals surface area contributed by atoms with E-state index in [0.717, 1.165) is 6.07 Å². The van der Waals surface area contributed by atoms with Crippen molar-refractivity contribution >= 4 is 67.1 Å². The van der Waals surface area contributed by atoms with Crippen LogP contribution < -0.4 is 44.7 Å². The van der Waals surface area contributed by atoms with E-state index in [-0.39, 0.29) is 57.1 Å². The standard InChI is InChI=1S/C26H21Cl2N3O6S.Na/c1-3-37-21-13-16(27)8-10-20(21)29-26(33)18-12-15-6-4-5-7-17(15)24(25(18)32)31-30-23-14(2)22(38(34,35)36)11-9-19(23)28;/h4-13,32H,3H2,1-2H3,(H,29,33)(H,34,35,36);/q;+1/p-1. The SMILES string of the molecule is CCOc1cc(Cl)ccc1NC(=O)c1cc2ccccc2c(N=Nc2c(Cl)ccc(S(=O)(=O)O)c2C)c1[O-].[Na+]. The monoisotopic (exact) mass is 595 g/mol. The van der Waals surface area contributed by atoms with Gasteiger partial charge in [0, 0.05) is 22.0 Å². The molecule has 0 aliphatic carbocycles. The van der Waals surface area contributed by atoms with Gasteiger partial charge in [0.2, 0.25) is 0 Å². The van der Waals surface area contributed by atoms with Crippen LogP contribution in [-0.4, -0.2) is 25.5 Å². The average Bonchev–Trinajstić information content (AvgIpc) is 2.85. The molecule has 1 amide bonds. The fraction of sp³-hybridized carbons (Fsp3) is 0.115. The molecule has 13 heteroatoms. The Morgan fingerprint density at radius 2 is 1.74 bits per heavy atom. The van der Waals surface area contributed by atoms with E-state index >= 15 is 0 Å². The summed E-state index contributed by atoms with van der Waals surface area (Å²) in [5, 5.41) is 25.7. The number of rotatable bonds is 7. The molecule has 4 aromatic carbocycles. The molecular weight excluding hydrogens is 576 g/mol. The van der Waals surface area contributed by atoms with Gasteiger partial charge in [-0.25, -0.2) is 0 Å². The first kappa shape index (κ1) is 30.8. The van der Waals surface area contributed by atoms with Gasteiger partial charge in [-0.2, -0.15) is 13.5 Å². The Bertz CT molecular complexity index is 1710. The average molecular weight is 596 g/mol. The third-order valence-electron chi connectivity index (χ3n) is 5.57. The molecule has 0 atom stereocenters. The third kappa shape index (κ3) is 6.72. The van der Waals surface area contributed by atoms with Crippen molar-refractivity contribution < 1.29 is 57.2 Å². The van der Waals surface area contributed by atoms with Crippen molar-refractivity contribution in [2.75, 3.05) is 11.9 Å². The minimum atomic E-state index is -4.55. The number of nitrogens with one attached hydrogen (secondary N) is 1. The molecule has 0 fully saturated rings. The zero-order valence-corrected chi connectivity index (χ0v) is 25.4. The Hall–Kier alpha value is -2.70. The molecule has 4 aromatic rings. The number of nitrogens with zero attached hydrogens (tertiary/aromatic N) is 2. The van der Waals surface area contributed by atoms with Gasteiger partial charge in [0.15, 0.2) is 0 Å². The number of carbonyl (C=O) groups is 1. The number of hydrogen-bond donors (Lipinski definition) is 2. The molecule has 39 heavy (non-hydrogen) atoms. The third-order valence-corrected chi connectivity index (χ3v) is 7.11. The molecular formula is C26H20Cl2N3NaO6S. The molecule has 2 N–H and O–H groups in total. The first-order chi connectivity index (χ1) is 18.0. The maximum absolute atomic E-state index is 13.5. The Kier molecular flexibility index (Phi) is 10.0. The zero-order valence-electron chi connectivity index (χ0n) is 21.0. The number of azo groups is 1. The second-order valence-electron chi connectivity index (χ2n) is 8.04. The maximum Gasteiger partial charge on any atom is 1.00 e. The van der Waals surface area contributed by atoms with E-state index < -0.39 is 26.7 Å². The van der Waals surface area contributed by atoms with Gasteiger partial charge in [-0.05, 0) is 55.1 Å². The van der Waals surface area contributed by atoms with E-state index in [1.54, 1.807) is 49.4 Å². The molecule has 0 heterocycles. The molecule has 4 rings (SSSR count). The topological polar surface area (TPSA) is 140 Å². The molecule has 0 spiro atoms. The zero-order chi connectivity index (χ0) is 27.6. The summed E-state index contributed by atoms with van der Waals surface area (Å²) in [5.41, 5.74) is -0.0451. The van der Waals surface area contributed by atoms with Gasteiger partial charge in [-0.1, -0.05) is 53.2 Å². The molecule has 0 saturated carbocycles. The normalized spacial score (nSPS) is 11.4. The van der Waals surface area contributed by atoms with E-state index in [1.807, 2.05) is 0 Å². The second-order valence-corrected chi connectivity index (χ2v) is 10.3. The van der Waals surface area contributed by atoms with Crippen molar-refractivity contribution in [3.63, 3.8) is 0 Å². The molecule has 0 aliphatic heterocycles.